The molecule has 0 spiro atoms. The number of fused-ring (bicyclic) bond motifs is 1. The molecule has 3 rings (SSSR count). The summed E-state index contributed by atoms with van der Waals surface area (Å²) in [6.45, 7) is 0. The Bertz CT molecular complexity index is 827. The molecule has 1 amide bonds. The van der Waals surface area contributed by atoms with Gasteiger partial charge >= 0.3 is 0 Å². The number of carbonyl (C=O) groups excluding carboxylic acids is 1. The van der Waals surface area contributed by atoms with Crippen molar-refractivity contribution in [2.45, 2.75) is 0 Å². The molecule has 4 nitrogen and oxygen atoms in total. The number of hydrogen-bond donors (Lipinski definition) is 2. The van der Waals surface area contributed by atoms with Gasteiger partial charge in [0.2, 0.25) is 0 Å². The zero-order valence-electron chi connectivity index (χ0n) is 11.0. The number of amides is 1. The summed E-state index contributed by atoms with van der Waals surface area (Å²) in [5.74, 6) is -0.195. The zero-order valence-corrected chi connectivity index (χ0v) is 12.6. The summed E-state index contributed by atoms with van der Waals surface area (Å²) in [6.07, 6.45) is 1.71. The molecule has 0 fully saturated rings. The summed E-state index contributed by atoms with van der Waals surface area (Å²) >= 11 is 3.40. The first-order chi connectivity index (χ1) is 10.1. The maximum absolute atomic E-state index is 12.5. The summed E-state index contributed by atoms with van der Waals surface area (Å²) in [6, 6.07) is 14.4. The number of benzene rings is 2. The van der Waals surface area contributed by atoms with Crippen LogP contribution in [0, 0.1) is 0 Å². The van der Waals surface area contributed by atoms with Gasteiger partial charge in [-0.15, -0.1) is 0 Å². The number of nitrogens with two attached hydrogens (primary N) is 1. The molecule has 0 aliphatic carbocycles. The maximum Gasteiger partial charge on any atom is 0.256 e. The van der Waals surface area contributed by atoms with Crippen molar-refractivity contribution in [3.8, 4) is 0 Å². The Kier molecular flexibility index (Phi) is 3.58. The Morgan fingerprint density at radius 2 is 2.00 bits per heavy atom. The molecule has 3 N–H and O–H groups in total. The molecular weight excluding hydrogens is 330 g/mol. The molecule has 0 saturated carbocycles. The molecule has 2 aromatic carbocycles. The predicted octanol–water partition coefficient (Wildman–Crippen LogP) is 3.83. The lowest BCUT2D eigenvalue weighted by molar-refractivity contribution is 0.102. The van der Waals surface area contributed by atoms with Crippen molar-refractivity contribution < 1.29 is 4.79 Å². The number of hydrogen-bond acceptors (Lipinski definition) is 3. The van der Waals surface area contributed by atoms with Gasteiger partial charge in [-0.25, -0.2) is 0 Å². The number of aromatic nitrogens is 1. The lowest BCUT2D eigenvalue weighted by Crippen LogP contribution is -2.13. The van der Waals surface area contributed by atoms with Crippen LogP contribution in [-0.4, -0.2) is 10.9 Å². The highest BCUT2D eigenvalue weighted by Crippen LogP contribution is 2.26. The minimum Gasteiger partial charge on any atom is -0.399 e. The van der Waals surface area contributed by atoms with E-state index in [-0.39, 0.29) is 5.91 Å². The van der Waals surface area contributed by atoms with E-state index >= 15 is 0 Å². The number of nitrogens with zero attached hydrogens (tertiary/aromatic N) is 1. The predicted molar refractivity (Wildman–Crippen MR) is 88.3 cm³/mol. The Hall–Kier alpha value is -2.40. The topological polar surface area (TPSA) is 68.0 Å². The molecule has 0 bridgehead atoms. The summed E-state index contributed by atoms with van der Waals surface area (Å²) < 4.78 is 0.781. The third-order valence-corrected chi connectivity index (χ3v) is 3.82. The highest BCUT2D eigenvalue weighted by Gasteiger charge is 2.12. The molecule has 0 radical (unpaired) electrons. The molecule has 5 heteroatoms. The van der Waals surface area contributed by atoms with Gasteiger partial charge in [-0.05, 0) is 52.3 Å². The average molecular weight is 342 g/mol. The van der Waals surface area contributed by atoms with E-state index in [1.54, 1.807) is 30.5 Å². The SMILES string of the molecule is Nc1ccc(Br)c(NC(=O)c2cccc3ncccc23)c1. The molecule has 0 atom stereocenters. The first kappa shape index (κ1) is 13.6. The summed E-state index contributed by atoms with van der Waals surface area (Å²) in [7, 11) is 0. The number of nitrogens with one attached hydrogen (secondary N) is 1. The van der Waals surface area contributed by atoms with E-state index in [0.717, 1.165) is 15.4 Å². The lowest BCUT2D eigenvalue weighted by Gasteiger charge is -2.10. The number of halogens is 1. The third-order valence-electron chi connectivity index (χ3n) is 3.13. The van der Waals surface area contributed by atoms with Gasteiger partial charge in [0.05, 0.1) is 11.2 Å². The standard InChI is InChI=1S/C16H12BrN3O/c17-13-7-6-10(18)9-15(13)20-16(21)12-3-1-5-14-11(12)4-2-8-19-14/h1-9H,18H2,(H,20,21). The van der Waals surface area contributed by atoms with Crippen molar-refractivity contribution in [2.24, 2.45) is 0 Å². The van der Waals surface area contributed by atoms with Gasteiger partial charge in [-0.2, -0.15) is 0 Å². The second-order valence-electron chi connectivity index (χ2n) is 4.57. The molecule has 0 aliphatic rings. The van der Waals surface area contributed by atoms with Crippen LogP contribution in [0.1, 0.15) is 10.4 Å². The molecule has 0 aliphatic heterocycles. The highest BCUT2D eigenvalue weighted by atomic mass is 79.9. The van der Waals surface area contributed by atoms with Crippen molar-refractivity contribution in [2.75, 3.05) is 11.1 Å². The van der Waals surface area contributed by atoms with E-state index in [0.29, 0.717) is 16.9 Å². The number of nitrogen functional groups attached to an aromatic ring is 1. The fourth-order valence-corrected chi connectivity index (χ4v) is 2.48. The summed E-state index contributed by atoms with van der Waals surface area (Å²) in [5.41, 5.74) is 8.35. The Labute approximate surface area is 130 Å². The zero-order chi connectivity index (χ0) is 14.8. The van der Waals surface area contributed by atoms with Crippen molar-refractivity contribution in [3.63, 3.8) is 0 Å². The first-order valence-electron chi connectivity index (χ1n) is 6.35. The van der Waals surface area contributed by atoms with E-state index in [1.807, 2.05) is 24.3 Å². The molecule has 3 aromatic rings. The van der Waals surface area contributed by atoms with Crippen molar-refractivity contribution in [1.29, 1.82) is 0 Å². The van der Waals surface area contributed by atoms with Gasteiger partial charge in [0, 0.05) is 27.3 Å². The first-order valence-corrected chi connectivity index (χ1v) is 7.14. The quantitative estimate of drug-likeness (QED) is 0.696. The average Bonchev–Trinajstić information content (AvgIpc) is 2.50. The Morgan fingerprint density at radius 1 is 1.14 bits per heavy atom. The summed E-state index contributed by atoms with van der Waals surface area (Å²) in [4.78, 5) is 16.7. The number of pyridine rings is 1. The smallest absolute Gasteiger partial charge is 0.256 e. The number of anilines is 2. The van der Waals surface area contributed by atoms with E-state index in [9.17, 15) is 4.79 Å². The van der Waals surface area contributed by atoms with Crippen LogP contribution < -0.4 is 11.1 Å². The lowest BCUT2D eigenvalue weighted by atomic mass is 10.1. The van der Waals surface area contributed by atoms with E-state index in [1.165, 1.54) is 0 Å². The van der Waals surface area contributed by atoms with Gasteiger partial charge in [-0.3, -0.25) is 9.78 Å². The summed E-state index contributed by atoms with van der Waals surface area (Å²) in [5, 5.41) is 3.68. The van der Waals surface area contributed by atoms with Gasteiger partial charge in [0.1, 0.15) is 0 Å². The molecule has 1 aromatic heterocycles. The second-order valence-corrected chi connectivity index (χ2v) is 5.42. The molecule has 0 saturated heterocycles. The van der Waals surface area contributed by atoms with Gasteiger partial charge < -0.3 is 11.1 Å². The van der Waals surface area contributed by atoms with Crippen LogP contribution in [0.5, 0.6) is 0 Å². The highest BCUT2D eigenvalue weighted by molar-refractivity contribution is 9.10. The van der Waals surface area contributed by atoms with Gasteiger partial charge in [0.25, 0.3) is 5.91 Å². The monoisotopic (exact) mass is 341 g/mol. The van der Waals surface area contributed by atoms with Crippen LogP contribution in [0.15, 0.2) is 59.2 Å². The van der Waals surface area contributed by atoms with Crippen molar-refractivity contribution in [1.82, 2.24) is 4.98 Å². The van der Waals surface area contributed by atoms with E-state index in [4.69, 9.17) is 5.73 Å². The van der Waals surface area contributed by atoms with Crippen LogP contribution in [-0.2, 0) is 0 Å². The van der Waals surface area contributed by atoms with Gasteiger partial charge in [-0.1, -0.05) is 12.1 Å². The minimum atomic E-state index is -0.195. The molecule has 104 valence electrons. The normalized spacial score (nSPS) is 10.5. The molecule has 21 heavy (non-hydrogen) atoms. The maximum atomic E-state index is 12.5. The van der Waals surface area contributed by atoms with Crippen LogP contribution >= 0.6 is 15.9 Å². The molecular formula is C16H12BrN3O. The van der Waals surface area contributed by atoms with Gasteiger partial charge in [0.15, 0.2) is 0 Å². The minimum absolute atomic E-state index is 0.195. The molecule has 1 heterocycles. The van der Waals surface area contributed by atoms with Crippen LogP contribution in [0.3, 0.4) is 0 Å². The number of rotatable bonds is 2. The Balaban J connectivity index is 1.99. The van der Waals surface area contributed by atoms with Crippen molar-refractivity contribution >= 4 is 44.1 Å². The third kappa shape index (κ3) is 2.73. The van der Waals surface area contributed by atoms with E-state index in [2.05, 4.69) is 26.2 Å². The Morgan fingerprint density at radius 3 is 2.86 bits per heavy atom. The fraction of sp³-hybridized carbons (Fsp3) is 0. The molecule has 0 unspecified atom stereocenters. The van der Waals surface area contributed by atoms with Crippen molar-refractivity contribution in [3.05, 3.63) is 64.8 Å². The second kappa shape index (κ2) is 5.54. The largest absolute Gasteiger partial charge is 0.399 e. The van der Waals surface area contributed by atoms with Crippen LogP contribution in [0.25, 0.3) is 10.9 Å². The fourth-order valence-electron chi connectivity index (χ4n) is 2.13. The van der Waals surface area contributed by atoms with Crippen LogP contribution in [0.2, 0.25) is 0 Å². The number of carbonyl (C=O) groups is 1. The van der Waals surface area contributed by atoms with Crippen LogP contribution in [0.4, 0.5) is 11.4 Å². The van der Waals surface area contributed by atoms with E-state index < -0.39 is 0 Å².